The second kappa shape index (κ2) is 7.72. The predicted molar refractivity (Wildman–Crippen MR) is 98.4 cm³/mol. The van der Waals surface area contributed by atoms with Crippen LogP contribution in [0.1, 0.15) is 21.4 Å². The third-order valence-corrected chi connectivity index (χ3v) is 7.29. The Labute approximate surface area is 158 Å². The SMILES string of the molecule is O=C(NCC(c1ccco1)S(=O)(=O)c1cccs1)c1ccc([N+](=O)[O-])cc1. The maximum absolute atomic E-state index is 12.9. The lowest BCUT2D eigenvalue weighted by Crippen LogP contribution is -2.31. The Morgan fingerprint density at radius 1 is 1.19 bits per heavy atom. The highest BCUT2D eigenvalue weighted by molar-refractivity contribution is 7.93. The van der Waals surface area contributed by atoms with E-state index in [4.69, 9.17) is 4.42 Å². The van der Waals surface area contributed by atoms with Crippen molar-refractivity contribution in [2.75, 3.05) is 6.54 Å². The van der Waals surface area contributed by atoms with Crippen LogP contribution >= 0.6 is 11.3 Å². The van der Waals surface area contributed by atoms with Crippen molar-refractivity contribution in [3.8, 4) is 0 Å². The van der Waals surface area contributed by atoms with Crippen LogP contribution in [0.2, 0.25) is 0 Å². The highest BCUT2D eigenvalue weighted by atomic mass is 32.2. The molecular weight excluding hydrogens is 392 g/mol. The molecular formula is C17H14N2O6S2. The van der Waals surface area contributed by atoms with Gasteiger partial charge in [-0.25, -0.2) is 8.42 Å². The van der Waals surface area contributed by atoms with Crippen molar-refractivity contribution in [3.63, 3.8) is 0 Å². The largest absolute Gasteiger partial charge is 0.468 e. The fourth-order valence-electron chi connectivity index (χ4n) is 2.43. The van der Waals surface area contributed by atoms with Gasteiger partial charge in [-0.15, -0.1) is 11.3 Å². The minimum atomic E-state index is -3.76. The van der Waals surface area contributed by atoms with Crippen LogP contribution in [0.5, 0.6) is 0 Å². The lowest BCUT2D eigenvalue weighted by molar-refractivity contribution is -0.384. The molecule has 0 radical (unpaired) electrons. The minimum Gasteiger partial charge on any atom is -0.468 e. The molecule has 0 aliphatic rings. The molecule has 2 aromatic heterocycles. The molecule has 27 heavy (non-hydrogen) atoms. The number of furan rings is 1. The van der Waals surface area contributed by atoms with Gasteiger partial charge >= 0.3 is 0 Å². The molecule has 1 aromatic carbocycles. The first kappa shape index (κ1) is 18.8. The maximum atomic E-state index is 12.9. The van der Waals surface area contributed by atoms with Crippen LogP contribution in [0, 0.1) is 10.1 Å². The summed E-state index contributed by atoms with van der Waals surface area (Å²) in [5.41, 5.74) is 0.0487. The van der Waals surface area contributed by atoms with Gasteiger partial charge in [0.1, 0.15) is 15.2 Å². The summed E-state index contributed by atoms with van der Waals surface area (Å²) in [5, 5.41) is 13.8. The Morgan fingerprint density at radius 2 is 1.93 bits per heavy atom. The second-order valence-electron chi connectivity index (χ2n) is 5.50. The summed E-state index contributed by atoms with van der Waals surface area (Å²) >= 11 is 1.08. The van der Waals surface area contributed by atoms with Crippen molar-refractivity contribution in [1.82, 2.24) is 5.32 Å². The van der Waals surface area contributed by atoms with Gasteiger partial charge in [0, 0.05) is 24.2 Å². The number of thiophene rings is 1. The number of nitrogens with zero attached hydrogens (tertiary/aromatic N) is 1. The summed E-state index contributed by atoms with van der Waals surface area (Å²) in [6.07, 6.45) is 1.37. The lowest BCUT2D eigenvalue weighted by Gasteiger charge is -2.15. The van der Waals surface area contributed by atoms with Gasteiger partial charge in [0.25, 0.3) is 11.6 Å². The molecule has 3 rings (SSSR count). The number of hydrogen-bond acceptors (Lipinski definition) is 7. The molecule has 1 unspecified atom stereocenters. The lowest BCUT2D eigenvalue weighted by atomic mass is 10.2. The van der Waals surface area contributed by atoms with Gasteiger partial charge in [-0.2, -0.15) is 0 Å². The molecule has 1 N–H and O–H groups in total. The molecule has 0 spiro atoms. The number of rotatable bonds is 7. The zero-order chi connectivity index (χ0) is 19.4. The van der Waals surface area contributed by atoms with Gasteiger partial charge in [-0.3, -0.25) is 14.9 Å². The van der Waals surface area contributed by atoms with E-state index in [1.807, 2.05) is 0 Å². The van der Waals surface area contributed by atoms with Crippen LogP contribution in [0.15, 0.2) is 68.8 Å². The molecule has 1 atom stereocenters. The van der Waals surface area contributed by atoms with E-state index in [0.29, 0.717) is 0 Å². The van der Waals surface area contributed by atoms with E-state index in [1.54, 1.807) is 17.5 Å². The molecule has 0 aliphatic carbocycles. The zero-order valence-electron chi connectivity index (χ0n) is 13.8. The summed E-state index contributed by atoms with van der Waals surface area (Å²) < 4.78 is 31.2. The number of nitrogens with one attached hydrogen (secondary N) is 1. The van der Waals surface area contributed by atoms with E-state index >= 15 is 0 Å². The smallest absolute Gasteiger partial charge is 0.269 e. The first-order valence-corrected chi connectivity index (χ1v) is 10.2. The average molecular weight is 406 g/mol. The highest BCUT2D eigenvalue weighted by Crippen LogP contribution is 2.31. The van der Waals surface area contributed by atoms with Crippen LogP contribution < -0.4 is 5.32 Å². The fourth-order valence-corrected chi connectivity index (χ4v) is 5.22. The number of carbonyl (C=O) groups excluding carboxylic acids is 1. The molecule has 0 saturated carbocycles. The molecule has 0 saturated heterocycles. The van der Waals surface area contributed by atoms with Gasteiger partial charge in [0.2, 0.25) is 0 Å². The standard InChI is InChI=1S/C17H14N2O6S2/c20-17(12-5-7-13(8-6-12)19(21)22)18-11-15(14-3-1-9-25-14)27(23,24)16-4-2-10-26-16/h1-10,15H,11H2,(H,18,20). The van der Waals surface area contributed by atoms with E-state index in [0.717, 1.165) is 11.3 Å². The van der Waals surface area contributed by atoms with Crippen LogP contribution in [0.4, 0.5) is 5.69 Å². The molecule has 10 heteroatoms. The van der Waals surface area contributed by atoms with Gasteiger partial charge in [0.05, 0.1) is 11.2 Å². The third kappa shape index (κ3) is 4.07. The first-order valence-electron chi connectivity index (χ1n) is 7.73. The van der Waals surface area contributed by atoms with E-state index < -0.39 is 25.9 Å². The van der Waals surface area contributed by atoms with E-state index in [9.17, 15) is 23.3 Å². The van der Waals surface area contributed by atoms with E-state index in [2.05, 4.69) is 5.32 Å². The number of non-ortho nitro benzene ring substituents is 1. The molecule has 1 amide bonds. The summed E-state index contributed by atoms with van der Waals surface area (Å²) in [4.78, 5) is 22.4. The second-order valence-corrected chi connectivity index (χ2v) is 8.80. The normalized spacial score (nSPS) is 12.4. The number of benzene rings is 1. The van der Waals surface area contributed by atoms with E-state index in [1.165, 1.54) is 42.7 Å². The van der Waals surface area contributed by atoms with Crippen molar-refractivity contribution in [2.45, 2.75) is 9.46 Å². The number of carbonyl (C=O) groups is 1. The quantitative estimate of drug-likeness (QED) is 0.475. The molecule has 0 fully saturated rings. The third-order valence-electron chi connectivity index (χ3n) is 3.80. The zero-order valence-corrected chi connectivity index (χ0v) is 15.4. The number of amides is 1. The number of sulfone groups is 1. The molecule has 0 bridgehead atoms. The minimum absolute atomic E-state index is 0.139. The summed E-state index contributed by atoms with van der Waals surface area (Å²) in [6, 6.07) is 11.3. The van der Waals surface area contributed by atoms with Crippen molar-refractivity contribution in [2.24, 2.45) is 0 Å². The summed E-state index contributed by atoms with van der Waals surface area (Å²) in [7, 11) is -3.76. The first-order chi connectivity index (χ1) is 12.9. The Kier molecular flexibility index (Phi) is 5.38. The van der Waals surface area contributed by atoms with Gasteiger partial charge < -0.3 is 9.73 Å². The van der Waals surface area contributed by atoms with Gasteiger partial charge in [-0.05, 0) is 35.7 Å². The molecule has 2 heterocycles. The van der Waals surface area contributed by atoms with Crippen molar-refractivity contribution >= 4 is 32.8 Å². The van der Waals surface area contributed by atoms with Crippen molar-refractivity contribution in [3.05, 3.63) is 81.6 Å². The average Bonchev–Trinajstić information content (AvgIpc) is 3.36. The number of nitro benzene ring substituents is 1. The summed E-state index contributed by atoms with van der Waals surface area (Å²) in [6.45, 7) is -0.205. The van der Waals surface area contributed by atoms with E-state index in [-0.39, 0.29) is 27.8 Å². The summed E-state index contributed by atoms with van der Waals surface area (Å²) in [5.74, 6) is -0.324. The van der Waals surface area contributed by atoms with Crippen LogP contribution in [0.25, 0.3) is 0 Å². The Morgan fingerprint density at radius 3 is 2.48 bits per heavy atom. The van der Waals surface area contributed by atoms with Crippen molar-refractivity contribution in [1.29, 1.82) is 0 Å². The maximum Gasteiger partial charge on any atom is 0.269 e. The van der Waals surface area contributed by atoms with Gasteiger partial charge in [-0.1, -0.05) is 6.07 Å². The van der Waals surface area contributed by atoms with Gasteiger partial charge in [0.15, 0.2) is 9.84 Å². The van der Waals surface area contributed by atoms with Crippen LogP contribution in [-0.2, 0) is 9.84 Å². The van der Waals surface area contributed by atoms with Crippen molar-refractivity contribution < 1.29 is 22.6 Å². The topological polar surface area (TPSA) is 120 Å². The fraction of sp³-hybridized carbons (Fsp3) is 0.118. The molecule has 8 nitrogen and oxygen atoms in total. The van der Waals surface area contributed by atoms with Crippen LogP contribution in [0.3, 0.4) is 0 Å². The highest BCUT2D eigenvalue weighted by Gasteiger charge is 2.32. The molecule has 140 valence electrons. The number of hydrogen-bond donors (Lipinski definition) is 1. The number of nitro groups is 1. The molecule has 3 aromatic rings. The Balaban J connectivity index is 1.79. The van der Waals surface area contributed by atoms with Crippen LogP contribution in [-0.4, -0.2) is 25.8 Å². The molecule has 0 aliphatic heterocycles. The monoisotopic (exact) mass is 406 g/mol. The Bertz CT molecular complexity index is 1030. The Hall–Kier alpha value is -2.98. The predicted octanol–water partition coefficient (Wildman–Crippen LogP) is 3.19.